The minimum Gasteiger partial charge on any atom is -0.326 e. The molecule has 120 valence electrons. The van der Waals surface area contributed by atoms with E-state index in [0.29, 0.717) is 17.7 Å². The van der Waals surface area contributed by atoms with Crippen molar-refractivity contribution >= 4 is 23.2 Å². The fraction of sp³-hybridized carbons (Fsp3) is 0.211. The minimum absolute atomic E-state index is 0.141. The van der Waals surface area contributed by atoms with Gasteiger partial charge in [-0.2, -0.15) is 5.26 Å². The molecule has 2 atom stereocenters. The zero-order valence-corrected chi connectivity index (χ0v) is 13.2. The second-order valence-corrected chi connectivity index (χ2v) is 5.90. The number of hydrogen-bond acceptors (Lipinski definition) is 3. The van der Waals surface area contributed by atoms with E-state index in [4.69, 9.17) is 5.26 Å². The van der Waals surface area contributed by atoms with Crippen molar-refractivity contribution < 1.29 is 9.59 Å². The summed E-state index contributed by atoms with van der Waals surface area (Å²) in [5, 5.41) is 14.7. The summed E-state index contributed by atoms with van der Waals surface area (Å²) in [5.41, 5.74) is 2.64. The van der Waals surface area contributed by atoms with Crippen LogP contribution in [-0.2, 0) is 9.59 Å². The van der Waals surface area contributed by atoms with Crippen LogP contribution in [0.15, 0.2) is 48.5 Å². The predicted octanol–water partition coefficient (Wildman–Crippen LogP) is 3.08. The fourth-order valence-corrected chi connectivity index (χ4v) is 2.63. The van der Waals surface area contributed by atoms with E-state index in [1.54, 1.807) is 24.3 Å². The molecule has 3 rings (SSSR count). The van der Waals surface area contributed by atoms with E-state index < -0.39 is 0 Å². The lowest BCUT2D eigenvalue weighted by atomic mass is 10.2. The summed E-state index contributed by atoms with van der Waals surface area (Å²) >= 11 is 0. The molecule has 2 aromatic rings. The number of nitrogens with zero attached hydrogens (tertiary/aromatic N) is 1. The van der Waals surface area contributed by atoms with Gasteiger partial charge in [0.05, 0.1) is 23.1 Å². The Morgan fingerprint density at radius 1 is 0.958 bits per heavy atom. The summed E-state index contributed by atoms with van der Waals surface area (Å²) < 4.78 is 0. The molecule has 0 radical (unpaired) electrons. The second-order valence-electron chi connectivity index (χ2n) is 5.90. The highest BCUT2D eigenvalue weighted by molar-refractivity contribution is 6.03. The maximum absolute atomic E-state index is 12.3. The van der Waals surface area contributed by atoms with Crippen LogP contribution in [0.3, 0.4) is 0 Å². The van der Waals surface area contributed by atoms with Gasteiger partial charge in [-0.15, -0.1) is 0 Å². The Morgan fingerprint density at radius 2 is 1.50 bits per heavy atom. The number of anilines is 2. The molecule has 1 aliphatic carbocycles. The number of benzene rings is 2. The number of carbonyl (C=O) groups is 2. The van der Waals surface area contributed by atoms with Crippen molar-refractivity contribution in [2.75, 3.05) is 10.6 Å². The predicted molar refractivity (Wildman–Crippen MR) is 91.2 cm³/mol. The Bertz CT molecular complexity index is 839. The number of carbonyl (C=O) groups excluding carboxylic acids is 2. The smallest absolute Gasteiger partial charge is 0.228 e. The fourth-order valence-electron chi connectivity index (χ4n) is 2.63. The molecule has 0 spiro atoms. The highest BCUT2D eigenvalue weighted by Gasteiger charge is 2.48. The van der Waals surface area contributed by atoms with E-state index in [2.05, 4.69) is 10.6 Å². The van der Waals surface area contributed by atoms with Crippen molar-refractivity contribution in [1.82, 2.24) is 0 Å². The van der Waals surface area contributed by atoms with Crippen LogP contribution in [0.25, 0.3) is 0 Å². The Morgan fingerprint density at radius 3 is 2.12 bits per heavy atom. The molecule has 0 aromatic heterocycles. The van der Waals surface area contributed by atoms with Gasteiger partial charge in [0.2, 0.25) is 11.8 Å². The largest absolute Gasteiger partial charge is 0.326 e. The van der Waals surface area contributed by atoms with Crippen molar-refractivity contribution in [2.24, 2.45) is 11.8 Å². The van der Waals surface area contributed by atoms with E-state index in [1.807, 2.05) is 37.3 Å². The third-order valence-electron chi connectivity index (χ3n) is 4.17. The molecule has 2 unspecified atom stereocenters. The van der Waals surface area contributed by atoms with Crippen LogP contribution in [0.4, 0.5) is 11.4 Å². The molecule has 0 bridgehead atoms. The molecular formula is C19H17N3O2. The van der Waals surface area contributed by atoms with E-state index in [9.17, 15) is 9.59 Å². The molecule has 2 N–H and O–H groups in total. The van der Waals surface area contributed by atoms with E-state index in [0.717, 1.165) is 11.3 Å². The zero-order chi connectivity index (χ0) is 17.1. The van der Waals surface area contributed by atoms with Crippen LogP contribution in [0.1, 0.15) is 17.5 Å². The number of amides is 2. The van der Waals surface area contributed by atoms with Crippen LogP contribution in [0.5, 0.6) is 0 Å². The molecular weight excluding hydrogens is 302 g/mol. The normalized spacial score (nSPS) is 18.3. The van der Waals surface area contributed by atoms with Gasteiger partial charge in [0.1, 0.15) is 6.07 Å². The molecule has 5 nitrogen and oxygen atoms in total. The third kappa shape index (κ3) is 3.28. The molecule has 0 heterocycles. The van der Waals surface area contributed by atoms with Crippen LogP contribution in [0.2, 0.25) is 0 Å². The van der Waals surface area contributed by atoms with Crippen LogP contribution in [0, 0.1) is 30.1 Å². The lowest BCUT2D eigenvalue weighted by Gasteiger charge is -2.08. The molecule has 5 heteroatoms. The monoisotopic (exact) mass is 319 g/mol. The van der Waals surface area contributed by atoms with Crippen LogP contribution in [-0.4, -0.2) is 11.8 Å². The SMILES string of the molecule is Cc1ccccc1NC(=O)C1CC1C(=O)Nc1ccccc1C#N. The van der Waals surface area contributed by atoms with E-state index >= 15 is 0 Å². The molecule has 2 aromatic carbocycles. The molecule has 1 saturated carbocycles. The van der Waals surface area contributed by atoms with Crippen molar-refractivity contribution in [2.45, 2.75) is 13.3 Å². The number of aryl methyl sites for hydroxylation is 1. The van der Waals surface area contributed by atoms with Gasteiger partial charge in [0.25, 0.3) is 0 Å². The lowest BCUT2D eigenvalue weighted by Crippen LogP contribution is -2.21. The molecule has 24 heavy (non-hydrogen) atoms. The van der Waals surface area contributed by atoms with Crippen molar-refractivity contribution in [1.29, 1.82) is 5.26 Å². The first kappa shape index (κ1) is 15.8. The minimum atomic E-state index is -0.347. The zero-order valence-electron chi connectivity index (χ0n) is 13.2. The molecule has 1 aliphatic rings. The van der Waals surface area contributed by atoms with Gasteiger partial charge in [-0.1, -0.05) is 30.3 Å². The quantitative estimate of drug-likeness (QED) is 0.908. The summed E-state index contributed by atoms with van der Waals surface area (Å²) in [6.07, 6.45) is 0.526. The first-order chi connectivity index (χ1) is 11.6. The summed E-state index contributed by atoms with van der Waals surface area (Å²) in [6, 6.07) is 16.4. The summed E-state index contributed by atoms with van der Waals surface area (Å²) in [7, 11) is 0. The average molecular weight is 319 g/mol. The van der Waals surface area contributed by atoms with Gasteiger partial charge >= 0.3 is 0 Å². The van der Waals surface area contributed by atoms with Crippen molar-refractivity contribution in [3.05, 3.63) is 59.7 Å². The Balaban J connectivity index is 1.61. The number of nitrogens with one attached hydrogen (secondary N) is 2. The number of para-hydroxylation sites is 2. The number of rotatable bonds is 4. The molecule has 0 saturated heterocycles. The number of nitriles is 1. The highest BCUT2D eigenvalue weighted by atomic mass is 16.2. The van der Waals surface area contributed by atoms with Crippen molar-refractivity contribution in [3.63, 3.8) is 0 Å². The Labute approximate surface area is 140 Å². The Kier molecular flexibility index (Phi) is 4.30. The lowest BCUT2D eigenvalue weighted by molar-refractivity contribution is -0.122. The maximum atomic E-state index is 12.3. The highest BCUT2D eigenvalue weighted by Crippen LogP contribution is 2.40. The summed E-state index contributed by atoms with van der Waals surface area (Å²) in [6.45, 7) is 1.92. The van der Waals surface area contributed by atoms with Crippen LogP contribution >= 0.6 is 0 Å². The summed E-state index contributed by atoms with van der Waals surface area (Å²) in [4.78, 5) is 24.6. The van der Waals surface area contributed by atoms with Gasteiger partial charge in [0, 0.05) is 5.69 Å². The van der Waals surface area contributed by atoms with Gasteiger partial charge in [-0.3, -0.25) is 9.59 Å². The second kappa shape index (κ2) is 6.55. The van der Waals surface area contributed by atoms with Crippen LogP contribution < -0.4 is 10.6 Å². The van der Waals surface area contributed by atoms with Gasteiger partial charge in [-0.25, -0.2) is 0 Å². The van der Waals surface area contributed by atoms with Gasteiger partial charge < -0.3 is 10.6 Å². The Hall–Kier alpha value is -3.13. The third-order valence-corrected chi connectivity index (χ3v) is 4.17. The standard InChI is InChI=1S/C19H17N3O2/c1-12-6-2-4-8-16(12)21-18(23)14-10-15(14)19(24)22-17-9-5-3-7-13(17)11-20/h2-9,14-15H,10H2,1H3,(H,21,23)(H,22,24). The molecule has 1 fully saturated rings. The number of hydrogen-bond donors (Lipinski definition) is 2. The summed E-state index contributed by atoms with van der Waals surface area (Å²) in [5.74, 6) is -1.03. The average Bonchev–Trinajstić information content (AvgIpc) is 3.38. The van der Waals surface area contributed by atoms with Gasteiger partial charge in [0.15, 0.2) is 0 Å². The molecule has 2 amide bonds. The maximum Gasteiger partial charge on any atom is 0.228 e. The van der Waals surface area contributed by atoms with Gasteiger partial charge in [-0.05, 0) is 37.1 Å². The van der Waals surface area contributed by atoms with Crippen molar-refractivity contribution in [3.8, 4) is 6.07 Å². The van der Waals surface area contributed by atoms with E-state index in [1.165, 1.54) is 0 Å². The van der Waals surface area contributed by atoms with E-state index in [-0.39, 0.29) is 23.7 Å². The topological polar surface area (TPSA) is 82.0 Å². The first-order valence-electron chi connectivity index (χ1n) is 7.76. The first-order valence-corrected chi connectivity index (χ1v) is 7.76. The molecule has 0 aliphatic heterocycles.